The van der Waals surface area contributed by atoms with E-state index < -0.39 is 0 Å². The van der Waals surface area contributed by atoms with Crippen LogP contribution in [0.25, 0.3) is 0 Å². The fourth-order valence-corrected chi connectivity index (χ4v) is 5.95. The summed E-state index contributed by atoms with van der Waals surface area (Å²) in [7, 11) is 0. The van der Waals surface area contributed by atoms with Crippen molar-refractivity contribution in [1.82, 2.24) is 9.88 Å². The lowest BCUT2D eigenvalue weighted by atomic mass is 9.83. The van der Waals surface area contributed by atoms with Crippen molar-refractivity contribution in [3.63, 3.8) is 0 Å². The van der Waals surface area contributed by atoms with Gasteiger partial charge in [-0.15, -0.1) is 0 Å². The van der Waals surface area contributed by atoms with Gasteiger partial charge in [0.05, 0.1) is 5.56 Å². The fraction of sp³-hybridized carbons (Fsp3) is 0.571. The topological polar surface area (TPSA) is 46.4 Å². The molecule has 3 aliphatic rings. The molecule has 0 aliphatic carbocycles. The van der Waals surface area contributed by atoms with E-state index in [9.17, 15) is 5.26 Å². The number of piperidine rings is 2. The van der Waals surface area contributed by atoms with E-state index in [0.29, 0.717) is 5.41 Å². The molecule has 0 unspecified atom stereocenters. The van der Waals surface area contributed by atoms with Crippen molar-refractivity contribution in [3.8, 4) is 6.07 Å². The van der Waals surface area contributed by atoms with E-state index in [4.69, 9.17) is 4.98 Å². The van der Waals surface area contributed by atoms with Gasteiger partial charge in [-0.2, -0.15) is 5.26 Å². The van der Waals surface area contributed by atoms with Gasteiger partial charge >= 0.3 is 0 Å². The molecule has 0 radical (unpaired) electrons. The lowest BCUT2D eigenvalue weighted by Gasteiger charge is -2.42. The van der Waals surface area contributed by atoms with Crippen LogP contribution >= 0.6 is 0 Å². The molecule has 5 heteroatoms. The molecule has 1 aromatic heterocycles. The number of aromatic nitrogens is 1. The first-order valence-corrected chi connectivity index (χ1v) is 12.8. The number of hydrogen-bond donors (Lipinski definition) is 0. The minimum Gasteiger partial charge on any atom is -0.356 e. The van der Waals surface area contributed by atoms with Gasteiger partial charge in [-0.05, 0) is 55.1 Å². The predicted molar refractivity (Wildman–Crippen MR) is 135 cm³/mol. The Kier molecular flexibility index (Phi) is 6.29. The second-order valence-corrected chi connectivity index (χ2v) is 10.9. The molecule has 1 aromatic carbocycles. The monoisotopic (exact) mass is 443 g/mol. The summed E-state index contributed by atoms with van der Waals surface area (Å²) in [6, 6.07) is 13.3. The zero-order chi connectivity index (χ0) is 22.8. The number of benzene rings is 1. The van der Waals surface area contributed by atoms with E-state index in [1.165, 1.54) is 48.8 Å². The smallest absolute Gasteiger partial charge is 0.149 e. The Balaban J connectivity index is 1.55. The van der Waals surface area contributed by atoms with Crippen LogP contribution in [-0.2, 0) is 19.5 Å². The third kappa shape index (κ3) is 4.73. The maximum atomic E-state index is 10.3. The molecule has 33 heavy (non-hydrogen) atoms. The first kappa shape index (κ1) is 22.2. The van der Waals surface area contributed by atoms with Gasteiger partial charge in [-0.3, -0.25) is 4.90 Å². The maximum absolute atomic E-state index is 10.3. The maximum Gasteiger partial charge on any atom is 0.149 e. The van der Waals surface area contributed by atoms with E-state index >= 15 is 0 Å². The van der Waals surface area contributed by atoms with Crippen molar-refractivity contribution >= 4 is 11.6 Å². The molecule has 4 heterocycles. The van der Waals surface area contributed by atoms with Crippen LogP contribution in [0.2, 0.25) is 0 Å². The molecular formula is C28H37N5. The first-order chi connectivity index (χ1) is 16.0. The highest BCUT2D eigenvalue weighted by molar-refractivity contribution is 5.68. The number of rotatable bonds is 4. The van der Waals surface area contributed by atoms with Gasteiger partial charge in [0.2, 0.25) is 0 Å². The molecule has 2 aromatic rings. The van der Waals surface area contributed by atoms with Crippen molar-refractivity contribution in [2.45, 2.75) is 65.5 Å². The molecule has 3 aliphatic heterocycles. The SMILES string of the molecule is CC1(C)CCCN(c2nc(N3CCCCC3)c(C#N)c3c2CCN(Cc2ccccc2)C3)C1. The average Bonchev–Trinajstić information content (AvgIpc) is 2.83. The second kappa shape index (κ2) is 9.35. The van der Waals surface area contributed by atoms with Gasteiger partial charge in [-0.1, -0.05) is 44.2 Å². The molecule has 0 atom stereocenters. The zero-order valence-corrected chi connectivity index (χ0v) is 20.3. The number of hydrogen-bond acceptors (Lipinski definition) is 5. The minimum atomic E-state index is 0.306. The van der Waals surface area contributed by atoms with E-state index in [-0.39, 0.29) is 0 Å². The summed E-state index contributed by atoms with van der Waals surface area (Å²) >= 11 is 0. The van der Waals surface area contributed by atoms with E-state index in [1.54, 1.807) is 0 Å². The summed E-state index contributed by atoms with van der Waals surface area (Å²) in [6.07, 6.45) is 7.11. The molecule has 2 saturated heterocycles. The number of fused-ring (bicyclic) bond motifs is 1. The summed E-state index contributed by atoms with van der Waals surface area (Å²) in [6.45, 7) is 11.7. The third-order valence-corrected chi connectivity index (χ3v) is 7.65. The van der Waals surface area contributed by atoms with Crippen LogP contribution in [0.1, 0.15) is 68.2 Å². The van der Waals surface area contributed by atoms with Gasteiger partial charge in [-0.25, -0.2) is 4.98 Å². The van der Waals surface area contributed by atoms with Crippen LogP contribution in [0, 0.1) is 16.7 Å². The lowest BCUT2D eigenvalue weighted by Crippen LogP contribution is -2.42. The Hall–Kier alpha value is -2.58. The molecule has 5 nitrogen and oxygen atoms in total. The number of pyridine rings is 1. The molecule has 2 fully saturated rings. The van der Waals surface area contributed by atoms with Crippen LogP contribution in [0.3, 0.4) is 0 Å². The molecule has 0 bridgehead atoms. The van der Waals surface area contributed by atoms with E-state index in [1.807, 2.05) is 0 Å². The highest BCUT2D eigenvalue weighted by atomic mass is 15.3. The van der Waals surface area contributed by atoms with Crippen LogP contribution in [-0.4, -0.2) is 42.6 Å². The summed E-state index contributed by atoms with van der Waals surface area (Å²) in [4.78, 5) is 12.7. The number of nitriles is 1. The van der Waals surface area contributed by atoms with Gasteiger partial charge in [0.25, 0.3) is 0 Å². The Morgan fingerprint density at radius 2 is 1.67 bits per heavy atom. The van der Waals surface area contributed by atoms with Crippen LogP contribution in [0.4, 0.5) is 11.6 Å². The third-order valence-electron chi connectivity index (χ3n) is 7.65. The summed E-state index contributed by atoms with van der Waals surface area (Å²) in [5, 5.41) is 10.3. The Bertz CT molecular complexity index is 1020. The van der Waals surface area contributed by atoms with E-state index in [0.717, 1.165) is 69.4 Å². The normalized spacial score (nSPS) is 20.9. The van der Waals surface area contributed by atoms with Gasteiger partial charge in [0, 0.05) is 51.4 Å². The molecule has 174 valence electrons. The number of anilines is 2. The fourth-order valence-electron chi connectivity index (χ4n) is 5.95. The Labute approximate surface area is 199 Å². The lowest BCUT2D eigenvalue weighted by molar-refractivity contribution is 0.244. The minimum absolute atomic E-state index is 0.306. The zero-order valence-electron chi connectivity index (χ0n) is 20.3. The van der Waals surface area contributed by atoms with Crippen molar-refractivity contribution in [1.29, 1.82) is 5.26 Å². The summed E-state index contributed by atoms with van der Waals surface area (Å²) < 4.78 is 0. The van der Waals surface area contributed by atoms with Gasteiger partial charge < -0.3 is 9.80 Å². The quantitative estimate of drug-likeness (QED) is 0.656. The highest BCUT2D eigenvalue weighted by Gasteiger charge is 2.33. The Morgan fingerprint density at radius 1 is 0.909 bits per heavy atom. The van der Waals surface area contributed by atoms with Crippen molar-refractivity contribution in [2.24, 2.45) is 5.41 Å². The Morgan fingerprint density at radius 3 is 2.39 bits per heavy atom. The summed E-state index contributed by atoms with van der Waals surface area (Å²) in [5.74, 6) is 2.10. The molecule has 0 saturated carbocycles. The van der Waals surface area contributed by atoms with Crippen LogP contribution < -0.4 is 9.80 Å². The number of nitrogens with zero attached hydrogens (tertiary/aromatic N) is 5. The molecular weight excluding hydrogens is 406 g/mol. The molecule has 0 spiro atoms. The molecule has 0 amide bonds. The molecule has 0 N–H and O–H groups in total. The van der Waals surface area contributed by atoms with Gasteiger partial charge in [0.15, 0.2) is 0 Å². The largest absolute Gasteiger partial charge is 0.356 e. The van der Waals surface area contributed by atoms with Crippen LogP contribution in [0.15, 0.2) is 30.3 Å². The predicted octanol–water partition coefficient (Wildman–Crippen LogP) is 5.13. The summed E-state index contributed by atoms with van der Waals surface area (Å²) in [5.41, 5.74) is 5.02. The second-order valence-electron chi connectivity index (χ2n) is 10.9. The van der Waals surface area contributed by atoms with Gasteiger partial charge in [0.1, 0.15) is 17.7 Å². The van der Waals surface area contributed by atoms with Crippen molar-refractivity contribution < 1.29 is 0 Å². The first-order valence-electron chi connectivity index (χ1n) is 12.8. The van der Waals surface area contributed by atoms with Crippen molar-refractivity contribution in [3.05, 3.63) is 52.6 Å². The van der Waals surface area contributed by atoms with Crippen molar-refractivity contribution in [2.75, 3.05) is 42.5 Å². The van der Waals surface area contributed by atoms with E-state index in [2.05, 4.69) is 64.9 Å². The van der Waals surface area contributed by atoms with Crippen LogP contribution in [0.5, 0.6) is 0 Å². The average molecular weight is 444 g/mol. The molecule has 5 rings (SSSR count). The standard InChI is InChI=1S/C28H37N5/c1-28(2)13-9-16-33(21-28)26-23-12-17-31(19-22-10-5-3-6-11-22)20-25(23)24(18-29)27(30-26)32-14-7-4-8-15-32/h3,5-6,10-11H,4,7-9,12-17,19-21H2,1-2H3. The highest BCUT2D eigenvalue weighted by Crippen LogP contribution is 2.39.